The zero-order chi connectivity index (χ0) is 17.1. The Kier molecular flexibility index (Phi) is 4.65. The van der Waals surface area contributed by atoms with Gasteiger partial charge < -0.3 is 9.80 Å². The lowest BCUT2D eigenvalue weighted by Crippen LogP contribution is -2.44. The monoisotopic (exact) mass is 322 g/mol. The highest BCUT2D eigenvalue weighted by atomic mass is 16.2. The molecule has 0 aliphatic carbocycles. The van der Waals surface area contributed by atoms with Crippen LogP contribution < -0.4 is 9.80 Å². The molecule has 2 amide bonds. The molecule has 24 heavy (non-hydrogen) atoms. The topological polar surface area (TPSA) is 40.6 Å². The van der Waals surface area contributed by atoms with Crippen molar-refractivity contribution in [2.45, 2.75) is 26.7 Å². The van der Waals surface area contributed by atoms with E-state index in [1.165, 1.54) is 12.5 Å². The summed E-state index contributed by atoms with van der Waals surface area (Å²) in [5, 5.41) is 0. The number of benzene rings is 2. The van der Waals surface area contributed by atoms with Gasteiger partial charge in [-0.25, -0.2) is 0 Å². The van der Waals surface area contributed by atoms with Crippen LogP contribution in [0.5, 0.6) is 0 Å². The van der Waals surface area contributed by atoms with E-state index in [1.54, 1.807) is 4.90 Å². The predicted octanol–water partition coefficient (Wildman–Crippen LogP) is 3.33. The summed E-state index contributed by atoms with van der Waals surface area (Å²) in [6.45, 7) is 4.26. The van der Waals surface area contributed by atoms with Gasteiger partial charge in [0.25, 0.3) is 0 Å². The van der Waals surface area contributed by atoms with E-state index >= 15 is 0 Å². The summed E-state index contributed by atoms with van der Waals surface area (Å²) >= 11 is 0. The van der Waals surface area contributed by atoms with Gasteiger partial charge in [0.05, 0.1) is 0 Å². The Morgan fingerprint density at radius 3 is 2.50 bits per heavy atom. The van der Waals surface area contributed by atoms with Gasteiger partial charge in [0.2, 0.25) is 11.8 Å². The Morgan fingerprint density at radius 2 is 1.79 bits per heavy atom. The standard InChI is InChI=1S/C20H22N2O2/c1-15-9-11-18(12-10-15)22(16(2)23)14-20(24)21-13-5-7-17-6-3-4-8-19(17)21/h3-4,6,8-12H,5,7,13-14H2,1-2H3. The molecule has 0 aromatic heterocycles. The predicted molar refractivity (Wildman–Crippen MR) is 96.3 cm³/mol. The van der Waals surface area contributed by atoms with E-state index in [0.717, 1.165) is 29.8 Å². The smallest absolute Gasteiger partial charge is 0.247 e. The molecule has 4 heteroatoms. The lowest BCUT2D eigenvalue weighted by molar-refractivity contribution is -0.121. The van der Waals surface area contributed by atoms with Gasteiger partial charge in [-0.05, 0) is 43.5 Å². The van der Waals surface area contributed by atoms with E-state index in [4.69, 9.17) is 0 Å². The maximum atomic E-state index is 12.8. The fourth-order valence-electron chi connectivity index (χ4n) is 3.12. The van der Waals surface area contributed by atoms with Crippen molar-refractivity contribution in [3.8, 4) is 0 Å². The molecule has 1 aliphatic heterocycles. The third kappa shape index (κ3) is 3.32. The zero-order valence-electron chi connectivity index (χ0n) is 14.2. The normalized spacial score (nSPS) is 13.3. The highest BCUT2D eigenvalue weighted by molar-refractivity contribution is 6.03. The summed E-state index contributed by atoms with van der Waals surface area (Å²) in [6.07, 6.45) is 1.95. The Bertz CT molecular complexity index is 752. The van der Waals surface area contributed by atoms with Gasteiger partial charge in [0.1, 0.15) is 6.54 Å². The van der Waals surface area contributed by atoms with Crippen LogP contribution in [0.3, 0.4) is 0 Å². The van der Waals surface area contributed by atoms with Gasteiger partial charge in [-0.15, -0.1) is 0 Å². The van der Waals surface area contributed by atoms with E-state index in [9.17, 15) is 9.59 Å². The summed E-state index contributed by atoms with van der Waals surface area (Å²) < 4.78 is 0. The Balaban J connectivity index is 1.82. The number of rotatable bonds is 3. The lowest BCUT2D eigenvalue weighted by Gasteiger charge is -2.31. The molecule has 1 aliphatic rings. The van der Waals surface area contributed by atoms with Gasteiger partial charge in [-0.3, -0.25) is 9.59 Å². The van der Waals surface area contributed by atoms with Crippen molar-refractivity contribution in [3.05, 3.63) is 59.7 Å². The Morgan fingerprint density at radius 1 is 1.08 bits per heavy atom. The average Bonchev–Trinajstić information content (AvgIpc) is 2.59. The number of aryl methyl sites for hydroxylation is 2. The number of carbonyl (C=O) groups excluding carboxylic acids is 2. The molecular weight excluding hydrogens is 300 g/mol. The van der Waals surface area contributed by atoms with Crippen LogP contribution in [0.1, 0.15) is 24.5 Å². The minimum Gasteiger partial charge on any atom is -0.311 e. The van der Waals surface area contributed by atoms with Crippen molar-refractivity contribution in [2.24, 2.45) is 0 Å². The summed E-state index contributed by atoms with van der Waals surface area (Å²) in [5.41, 5.74) is 4.05. The molecule has 0 spiro atoms. The van der Waals surface area contributed by atoms with E-state index < -0.39 is 0 Å². The number of para-hydroxylation sites is 1. The number of nitrogens with zero attached hydrogens (tertiary/aromatic N) is 2. The first-order valence-electron chi connectivity index (χ1n) is 8.29. The minimum atomic E-state index is -0.127. The molecule has 0 unspecified atom stereocenters. The van der Waals surface area contributed by atoms with Crippen LogP contribution in [0, 0.1) is 6.92 Å². The number of hydrogen-bond donors (Lipinski definition) is 0. The Hall–Kier alpha value is -2.62. The van der Waals surface area contributed by atoms with Gasteiger partial charge in [0, 0.05) is 24.8 Å². The number of fused-ring (bicyclic) bond motifs is 1. The maximum absolute atomic E-state index is 12.8. The van der Waals surface area contributed by atoms with Crippen LogP contribution >= 0.6 is 0 Å². The molecule has 0 radical (unpaired) electrons. The first-order chi connectivity index (χ1) is 11.6. The largest absolute Gasteiger partial charge is 0.311 e. The molecule has 2 aromatic rings. The molecule has 0 fully saturated rings. The van der Waals surface area contributed by atoms with Crippen LogP contribution in [0.2, 0.25) is 0 Å². The number of anilines is 2. The maximum Gasteiger partial charge on any atom is 0.247 e. The fourth-order valence-corrected chi connectivity index (χ4v) is 3.12. The second kappa shape index (κ2) is 6.87. The van der Waals surface area contributed by atoms with Gasteiger partial charge >= 0.3 is 0 Å². The average molecular weight is 322 g/mol. The highest BCUT2D eigenvalue weighted by Crippen LogP contribution is 2.27. The van der Waals surface area contributed by atoms with Crippen LogP contribution in [0.25, 0.3) is 0 Å². The van der Waals surface area contributed by atoms with Crippen molar-refractivity contribution in [1.82, 2.24) is 0 Å². The van der Waals surface area contributed by atoms with E-state index in [-0.39, 0.29) is 18.4 Å². The van der Waals surface area contributed by atoms with Crippen molar-refractivity contribution in [3.63, 3.8) is 0 Å². The molecule has 3 rings (SSSR count). The number of carbonyl (C=O) groups is 2. The second-order valence-electron chi connectivity index (χ2n) is 6.22. The molecule has 1 heterocycles. The van der Waals surface area contributed by atoms with Gasteiger partial charge in [-0.2, -0.15) is 0 Å². The van der Waals surface area contributed by atoms with Crippen molar-refractivity contribution in [1.29, 1.82) is 0 Å². The quantitative estimate of drug-likeness (QED) is 0.870. The van der Waals surface area contributed by atoms with Crippen LogP contribution in [0.15, 0.2) is 48.5 Å². The molecule has 0 N–H and O–H groups in total. The van der Waals surface area contributed by atoms with E-state index in [0.29, 0.717) is 6.54 Å². The zero-order valence-corrected chi connectivity index (χ0v) is 14.2. The second-order valence-corrected chi connectivity index (χ2v) is 6.22. The van der Waals surface area contributed by atoms with Crippen LogP contribution in [-0.2, 0) is 16.0 Å². The fraction of sp³-hybridized carbons (Fsp3) is 0.300. The summed E-state index contributed by atoms with van der Waals surface area (Å²) in [7, 11) is 0. The molecule has 4 nitrogen and oxygen atoms in total. The van der Waals surface area contributed by atoms with Crippen LogP contribution in [0.4, 0.5) is 11.4 Å². The molecule has 124 valence electrons. The Labute approximate surface area is 142 Å². The lowest BCUT2D eigenvalue weighted by atomic mass is 10.0. The molecule has 0 bridgehead atoms. The van der Waals surface area contributed by atoms with Gasteiger partial charge in [0.15, 0.2) is 0 Å². The number of hydrogen-bond acceptors (Lipinski definition) is 2. The van der Waals surface area contributed by atoms with E-state index in [2.05, 4.69) is 6.07 Å². The SMILES string of the molecule is CC(=O)N(CC(=O)N1CCCc2ccccc21)c1ccc(C)cc1. The molecule has 0 atom stereocenters. The molecule has 2 aromatic carbocycles. The molecule has 0 saturated carbocycles. The molecule has 0 saturated heterocycles. The first-order valence-corrected chi connectivity index (χ1v) is 8.29. The third-order valence-electron chi connectivity index (χ3n) is 4.43. The first kappa shape index (κ1) is 16.2. The van der Waals surface area contributed by atoms with Crippen LogP contribution in [-0.4, -0.2) is 24.9 Å². The van der Waals surface area contributed by atoms with Crippen molar-refractivity contribution >= 4 is 23.2 Å². The third-order valence-corrected chi connectivity index (χ3v) is 4.43. The minimum absolute atomic E-state index is 0.0436. The summed E-state index contributed by atoms with van der Waals surface area (Å²) in [6, 6.07) is 15.7. The van der Waals surface area contributed by atoms with Gasteiger partial charge in [-0.1, -0.05) is 35.9 Å². The summed E-state index contributed by atoms with van der Waals surface area (Å²) in [5.74, 6) is -0.171. The van der Waals surface area contributed by atoms with Crippen molar-refractivity contribution < 1.29 is 9.59 Å². The highest BCUT2D eigenvalue weighted by Gasteiger charge is 2.25. The number of amides is 2. The molecular formula is C20H22N2O2. The van der Waals surface area contributed by atoms with E-state index in [1.807, 2.05) is 54.3 Å². The summed E-state index contributed by atoms with van der Waals surface area (Å²) in [4.78, 5) is 28.2. The van der Waals surface area contributed by atoms with Crippen molar-refractivity contribution in [2.75, 3.05) is 22.9 Å².